The van der Waals surface area contributed by atoms with Gasteiger partial charge in [-0.05, 0) is 24.6 Å². The fraction of sp³-hybridized carbons (Fsp3) is 0.500. The van der Waals surface area contributed by atoms with Crippen LogP contribution in [0, 0.1) is 0 Å². The van der Waals surface area contributed by atoms with E-state index in [1.165, 1.54) is 18.6 Å². The molecule has 0 saturated heterocycles. The van der Waals surface area contributed by atoms with E-state index in [2.05, 4.69) is 6.92 Å². The van der Waals surface area contributed by atoms with Crippen molar-refractivity contribution in [3.05, 3.63) is 28.8 Å². The molecule has 0 radical (unpaired) electrons. The lowest BCUT2D eigenvalue weighted by molar-refractivity contribution is 0.0497. The third-order valence-electron chi connectivity index (χ3n) is 2.91. The lowest BCUT2D eigenvalue weighted by atomic mass is 10.2. The molecule has 7 heteroatoms. The fourth-order valence-corrected chi connectivity index (χ4v) is 3.26. The first-order valence-corrected chi connectivity index (χ1v) is 9.46. The summed E-state index contributed by atoms with van der Waals surface area (Å²) in [6.45, 7) is 2.44. The lowest BCUT2D eigenvalue weighted by Gasteiger charge is -2.06. The van der Waals surface area contributed by atoms with Crippen molar-refractivity contribution in [1.29, 1.82) is 0 Å². The predicted octanol–water partition coefficient (Wildman–Crippen LogP) is 4.39. The van der Waals surface area contributed by atoms with Gasteiger partial charge in [0.25, 0.3) is 9.05 Å². The third-order valence-corrected chi connectivity index (χ3v) is 4.71. The Bertz CT molecular complexity index is 585. The van der Waals surface area contributed by atoms with Crippen LogP contribution in [0.1, 0.15) is 49.4 Å². The molecule has 4 nitrogen and oxygen atoms in total. The summed E-state index contributed by atoms with van der Waals surface area (Å²) in [4.78, 5) is 11.5. The minimum Gasteiger partial charge on any atom is -0.462 e. The standard InChI is InChI=1S/C14H18Cl2O4S/c1-2-3-4-5-6-9-20-14(17)11-7-8-12(15)13(10-11)21(16,18)19/h7-8,10H,2-6,9H2,1H3. The highest BCUT2D eigenvalue weighted by Crippen LogP contribution is 2.26. The Labute approximate surface area is 134 Å². The summed E-state index contributed by atoms with van der Waals surface area (Å²) in [5.41, 5.74) is 0.118. The molecule has 0 saturated carbocycles. The number of halogens is 2. The van der Waals surface area contributed by atoms with E-state index < -0.39 is 15.0 Å². The average molecular weight is 353 g/mol. The number of ether oxygens (including phenoxy) is 1. The number of carbonyl (C=O) groups excluding carboxylic acids is 1. The molecule has 0 atom stereocenters. The van der Waals surface area contributed by atoms with Crippen molar-refractivity contribution >= 4 is 37.3 Å². The first-order valence-electron chi connectivity index (χ1n) is 6.77. The molecule has 1 aromatic rings. The van der Waals surface area contributed by atoms with Gasteiger partial charge in [0, 0.05) is 10.7 Å². The van der Waals surface area contributed by atoms with Crippen LogP contribution in [0.3, 0.4) is 0 Å². The first kappa shape index (κ1) is 18.3. The lowest BCUT2D eigenvalue weighted by Crippen LogP contribution is -2.07. The van der Waals surface area contributed by atoms with E-state index in [4.69, 9.17) is 27.0 Å². The highest BCUT2D eigenvalue weighted by atomic mass is 35.7. The molecule has 1 aromatic carbocycles. The van der Waals surface area contributed by atoms with Crippen LogP contribution in [0.2, 0.25) is 5.02 Å². The summed E-state index contributed by atoms with van der Waals surface area (Å²) < 4.78 is 27.7. The normalized spacial score (nSPS) is 11.4. The number of esters is 1. The molecular weight excluding hydrogens is 335 g/mol. The minimum absolute atomic E-state index is 0.0267. The van der Waals surface area contributed by atoms with Crippen LogP contribution < -0.4 is 0 Å². The second-order valence-electron chi connectivity index (χ2n) is 4.63. The largest absolute Gasteiger partial charge is 0.462 e. The number of hydrogen-bond acceptors (Lipinski definition) is 4. The Kier molecular flexibility index (Phi) is 7.49. The van der Waals surface area contributed by atoms with E-state index in [1.54, 1.807) is 0 Å². The molecule has 0 spiro atoms. The van der Waals surface area contributed by atoms with Crippen molar-refractivity contribution in [3.63, 3.8) is 0 Å². The summed E-state index contributed by atoms with van der Waals surface area (Å²) in [6, 6.07) is 3.85. The van der Waals surface area contributed by atoms with Crippen molar-refractivity contribution in [2.45, 2.75) is 43.9 Å². The highest BCUT2D eigenvalue weighted by molar-refractivity contribution is 8.13. The molecule has 0 heterocycles. The SMILES string of the molecule is CCCCCCCOC(=O)c1ccc(Cl)c(S(=O)(=O)Cl)c1. The molecule has 0 amide bonds. The van der Waals surface area contributed by atoms with E-state index in [-0.39, 0.29) is 15.5 Å². The first-order chi connectivity index (χ1) is 9.86. The van der Waals surface area contributed by atoms with Gasteiger partial charge in [0.05, 0.1) is 17.2 Å². The van der Waals surface area contributed by atoms with Crippen LogP contribution in [-0.4, -0.2) is 21.0 Å². The monoisotopic (exact) mass is 352 g/mol. The predicted molar refractivity (Wildman–Crippen MR) is 83.5 cm³/mol. The number of benzene rings is 1. The van der Waals surface area contributed by atoms with Crippen molar-refractivity contribution in [1.82, 2.24) is 0 Å². The maximum absolute atomic E-state index is 11.8. The number of hydrogen-bond donors (Lipinski definition) is 0. The smallest absolute Gasteiger partial charge is 0.338 e. The van der Waals surface area contributed by atoms with Gasteiger partial charge in [0.1, 0.15) is 4.90 Å². The van der Waals surface area contributed by atoms with Gasteiger partial charge in [-0.15, -0.1) is 0 Å². The zero-order chi connectivity index (χ0) is 15.9. The van der Waals surface area contributed by atoms with Gasteiger partial charge < -0.3 is 4.74 Å². The molecule has 21 heavy (non-hydrogen) atoms. The van der Waals surface area contributed by atoms with Gasteiger partial charge in [-0.3, -0.25) is 0 Å². The van der Waals surface area contributed by atoms with E-state index in [0.717, 1.165) is 31.7 Å². The molecule has 0 aliphatic carbocycles. The Morgan fingerprint density at radius 1 is 1.19 bits per heavy atom. The van der Waals surface area contributed by atoms with Gasteiger partial charge in [-0.25, -0.2) is 13.2 Å². The number of unbranched alkanes of at least 4 members (excludes halogenated alkanes) is 4. The average Bonchev–Trinajstić information content (AvgIpc) is 2.41. The second kappa shape index (κ2) is 8.61. The Morgan fingerprint density at radius 2 is 1.86 bits per heavy atom. The molecule has 0 aliphatic rings. The molecule has 0 aromatic heterocycles. The molecular formula is C14H18Cl2O4S. The van der Waals surface area contributed by atoms with Crippen molar-refractivity contribution in [3.8, 4) is 0 Å². The van der Waals surface area contributed by atoms with Crippen LogP contribution in [0.5, 0.6) is 0 Å². The minimum atomic E-state index is -3.99. The van der Waals surface area contributed by atoms with Crippen molar-refractivity contribution in [2.24, 2.45) is 0 Å². The number of carbonyl (C=O) groups is 1. The van der Waals surface area contributed by atoms with Crippen LogP contribution in [0.15, 0.2) is 23.1 Å². The molecule has 0 aliphatic heterocycles. The Balaban J connectivity index is 2.59. The zero-order valence-electron chi connectivity index (χ0n) is 11.8. The summed E-state index contributed by atoms with van der Waals surface area (Å²) in [7, 11) is 1.26. The van der Waals surface area contributed by atoms with Crippen molar-refractivity contribution in [2.75, 3.05) is 6.61 Å². The Hall–Kier alpha value is -0.780. The second-order valence-corrected chi connectivity index (χ2v) is 7.57. The zero-order valence-corrected chi connectivity index (χ0v) is 14.1. The molecule has 1 rings (SSSR count). The number of rotatable bonds is 8. The maximum Gasteiger partial charge on any atom is 0.338 e. The summed E-state index contributed by atoms with van der Waals surface area (Å²) in [6.07, 6.45) is 5.23. The van der Waals surface area contributed by atoms with E-state index >= 15 is 0 Å². The molecule has 118 valence electrons. The van der Waals surface area contributed by atoms with E-state index in [1.807, 2.05) is 0 Å². The van der Waals surface area contributed by atoms with Gasteiger partial charge in [0.15, 0.2) is 0 Å². The van der Waals surface area contributed by atoms with Gasteiger partial charge in [-0.1, -0.05) is 44.2 Å². The van der Waals surface area contributed by atoms with E-state index in [9.17, 15) is 13.2 Å². The van der Waals surface area contributed by atoms with Gasteiger partial charge in [0.2, 0.25) is 0 Å². The molecule has 0 fully saturated rings. The maximum atomic E-state index is 11.8. The van der Waals surface area contributed by atoms with Crippen LogP contribution >= 0.6 is 22.3 Å². The topological polar surface area (TPSA) is 60.4 Å². The highest BCUT2D eigenvalue weighted by Gasteiger charge is 2.18. The molecule has 0 unspecified atom stereocenters. The van der Waals surface area contributed by atoms with Gasteiger partial charge in [-0.2, -0.15) is 0 Å². The Morgan fingerprint density at radius 3 is 2.48 bits per heavy atom. The van der Waals surface area contributed by atoms with E-state index in [0.29, 0.717) is 6.61 Å². The van der Waals surface area contributed by atoms with Crippen molar-refractivity contribution < 1.29 is 17.9 Å². The quantitative estimate of drug-likeness (QED) is 0.395. The van der Waals surface area contributed by atoms with Crippen LogP contribution in [-0.2, 0) is 13.8 Å². The molecule has 0 bridgehead atoms. The van der Waals surface area contributed by atoms with Crippen LogP contribution in [0.25, 0.3) is 0 Å². The summed E-state index contributed by atoms with van der Waals surface area (Å²) in [5, 5.41) is -0.0267. The fourth-order valence-electron chi connectivity index (χ4n) is 1.77. The molecule has 0 N–H and O–H groups in total. The summed E-state index contributed by atoms with van der Waals surface area (Å²) in [5.74, 6) is -0.580. The summed E-state index contributed by atoms with van der Waals surface area (Å²) >= 11 is 5.75. The van der Waals surface area contributed by atoms with Crippen LogP contribution in [0.4, 0.5) is 0 Å². The van der Waals surface area contributed by atoms with Gasteiger partial charge >= 0.3 is 5.97 Å². The third kappa shape index (κ3) is 6.24.